The van der Waals surface area contributed by atoms with Crippen LogP contribution in [-0.2, 0) is 21.3 Å². The molecule has 0 bridgehead atoms. The monoisotopic (exact) mass is 479 g/mol. The maximum atomic E-state index is 12.4. The molecule has 0 radical (unpaired) electrons. The normalized spacial score (nSPS) is 19.8. The zero-order valence-corrected chi connectivity index (χ0v) is 20.6. The molecule has 1 aliphatic rings. The highest BCUT2D eigenvalue weighted by atomic mass is 16.6. The number of rotatable bonds is 9. The number of likely N-dealkylation sites (N-methyl/N-ethyl adjacent to an activating group) is 1. The number of aromatic nitrogens is 2. The molecule has 1 heterocycles. The lowest BCUT2D eigenvalue weighted by molar-refractivity contribution is 0.0361. The van der Waals surface area contributed by atoms with Gasteiger partial charge in [-0.3, -0.25) is 0 Å². The number of hydrogen-bond acceptors (Lipinski definition) is 7. The zero-order valence-electron chi connectivity index (χ0n) is 20.6. The Morgan fingerprint density at radius 2 is 1.89 bits per heavy atom. The van der Waals surface area contributed by atoms with Crippen LogP contribution in [0.2, 0.25) is 0 Å². The molecular weight excluding hydrogens is 446 g/mol. The predicted molar refractivity (Wildman–Crippen MR) is 131 cm³/mol. The Morgan fingerprint density at radius 3 is 2.60 bits per heavy atom. The first-order valence-corrected chi connectivity index (χ1v) is 12.0. The summed E-state index contributed by atoms with van der Waals surface area (Å²) < 4.78 is 21.8. The Hall–Kier alpha value is -3.39. The number of hydrogen-bond donors (Lipinski definition) is 0. The number of nitrogens with zero attached hydrogens (tertiary/aromatic N) is 3. The molecule has 4 rings (SSSR count). The van der Waals surface area contributed by atoms with Crippen LogP contribution in [0.25, 0.3) is 0 Å². The molecule has 1 aromatic heterocycles. The SMILES string of the molecule is COCCN(C)C(=O)OC1CCC(c2ccccc2)(c2noc(Cc3cccc(OC)c3)n2)CC1. The molecule has 0 aliphatic heterocycles. The van der Waals surface area contributed by atoms with Gasteiger partial charge in [-0.2, -0.15) is 4.98 Å². The van der Waals surface area contributed by atoms with Crippen LogP contribution >= 0.6 is 0 Å². The van der Waals surface area contributed by atoms with Crippen LogP contribution in [0.4, 0.5) is 4.79 Å². The lowest BCUT2D eigenvalue weighted by Crippen LogP contribution is -2.39. The van der Waals surface area contributed by atoms with Gasteiger partial charge in [0.05, 0.1) is 25.6 Å². The quantitative estimate of drug-likeness (QED) is 0.443. The van der Waals surface area contributed by atoms with Gasteiger partial charge in [-0.05, 0) is 48.9 Å². The minimum Gasteiger partial charge on any atom is -0.497 e. The van der Waals surface area contributed by atoms with Crippen molar-refractivity contribution in [1.82, 2.24) is 15.0 Å². The van der Waals surface area contributed by atoms with E-state index in [1.54, 1.807) is 26.2 Å². The summed E-state index contributed by atoms with van der Waals surface area (Å²) in [7, 11) is 4.99. The second-order valence-electron chi connectivity index (χ2n) is 8.99. The summed E-state index contributed by atoms with van der Waals surface area (Å²) in [6.45, 7) is 0.970. The number of carbonyl (C=O) groups is 1. The van der Waals surface area contributed by atoms with E-state index < -0.39 is 0 Å². The fourth-order valence-electron chi connectivity index (χ4n) is 4.63. The van der Waals surface area contributed by atoms with Crippen molar-refractivity contribution in [2.45, 2.75) is 43.6 Å². The first-order chi connectivity index (χ1) is 17.0. The van der Waals surface area contributed by atoms with Crippen LogP contribution in [0.1, 0.15) is 48.5 Å². The van der Waals surface area contributed by atoms with Crippen molar-refractivity contribution in [2.24, 2.45) is 0 Å². The summed E-state index contributed by atoms with van der Waals surface area (Å²) >= 11 is 0. The van der Waals surface area contributed by atoms with E-state index in [9.17, 15) is 4.79 Å². The first-order valence-electron chi connectivity index (χ1n) is 12.0. The molecule has 3 aromatic rings. The fourth-order valence-corrected chi connectivity index (χ4v) is 4.63. The van der Waals surface area contributed by atoms with Gasteiger partial charge in [0.1, 0.15) is 11.9 Å². The van der Waals surface area contributed by atoms with Crippen LogP contribution in [0.3, 0.4) is 0 Å². The molecule has 8 heteroatoms. The van der Waals surface area contributed by atoms with Crippen molar-refractivity contribution >= 4 is 6.09 Å². The summed E-state index contributed by atoms with van der Waals surface area (Å²) in [6, 6.07) is 18.1. The summed E-state index contributed by atoms with van der Waals surface area (Å²) in [4.78, 5) is 18.8. The second-order valence-corrected chi connectivity index (χ2v) is 8.99. The molecule has 8 nitrogen and oxygen atoms in total. The lowest BCUT2D eigenvalue weighted by Gasteiger charge is -2.38. The predicted octanol–water partition coefficient (Wildman–Crippen LogP) is 4.61. The van der Waals surface area contributed by atoms with E-state index in [1.807, 2.05) is 42.5 Å². The fraction of sp³-hybridized carbons (Fsp3) is 0.444. The molecule has 1 aliphatic carbocycles. The number of methoxy groups -OCH3 is 2. The highest BCUT2D eigenvalue weighted by Crippen LogP contribution is 2.44. The molecule has 186 valence electrons. The van der Waals surface area contributed by atoms with Gasteiger partial charge in [-0.15, -0.1) is 0 Å². The van der Waals surface area contributed by atoms with Crippen LogP contribution in [-0.4, -0.2) is 61.7 Å². The molecule has 0 unspecified atom stereocenters. The Morgan fingerprint density at radius 1 is 1.11 bits per heavy atom. The summed E-state index contributed by atoms with van der Waals surface area (Å²) in [5, 5.41) is 4.43. The van der Waals surface area contributed by atoms with E-state index in [-0.39, 0.29) is 17.6 Å². The maximum Gasteiger partial charge on any atom is 0.409 e. The van der Waals surface area contributed by atoms with E-state index in [0.29, 0.717) is 31.3 Å². The molecule has 0 N–H and O–H groups in total. The average Bonchev–Trinajstić information content (AvgIpc) is 3.37. The highest BCUT2D eigenvalue weighted by molar-refractivity contribution is 5.67. The molecule has 1 fully saturated rings. The van der Waals surface area contributed by atoms with E-state index in [2.05, 4.69) is 17.3 Å². The van der Waals surface area contributed by atoms with Gasteiger partial charge in [0.2, 0.25) is 5.89 Å². The van der Waals surface area contributed by atoms with Crippen LogP contribution in [0, 0.1) is 0 Å². The molecule has 1 saturated carbocycles. The van der Waals surface area contributed by atoms with E-state index in [4.69, 9.17) is 23.7 Å². The van der Waals surface area contributed by atoms with Crippen LogP contribution in [0.15, 0.2) is 59.1 Å². The van der Waals surface area contributed by atoms with Crippen molar-refractivity contribution in [1.29, 1.82) is 0 Å². The number of carbonyl (C=O) groups excluding carboxylic acids is 1. The summed E-state index contributed by atoms with van der Waals surface area (Å²) in [5.41, 5.74) is 1.81. The molecule has 35 heavy (non-hydrogen) atoms. The largest absolute Gasteiger partial charge is 0.497 e. The van der Waals surface area contributed by atoms with Crippen molar-refractivity contribution in [3.05, 3.63) is 77.4 Å². The number of amides is 1. The van der Waals surface area contributed by atoms with Crippen LogP contribution < -0.4 is 4.74 Å². The Kier molecular flexibility index (Phi) is 8.02. The topological polar surface area (TPSA) is 86.9 Å². The third-order valence-corrected chi connectivity index (χ3v) is 6.71. The number of benzene rings is 2. The van der Waals surface area contributed by atoms with E-state index in [1.165, 1.54) is 0 Å². The standard InChI is InChI=1S/C27H33N3O5/c1-30(16-17-32-2)26(31)34-22-12-14-27(15-13-22,21-9-5-4-6-10-21)25-28-24(35-29-25)19-20-8-7-11-23(18-20)33-3/h4-11,18,22H,12-17,19H2,1-3H3. The Bertz CT molecular complexity index is 1090. The van der Waals surface area contributed by atoms with Crippen molar-refractivity contribution in [2.75, 3.05) is 34.4 Å². The smallest absolute Gasteiger partial charge is 0.409 e. The van der Waals surface area contributed by atoms with Gasteiger partial charge in [0, 0.05) is 20.7 Å². The van der Waals surface area contributed by atoms with E-state index >= 15 is 0 Å². The van der Waals surface area contributed by atoms with Crippen molar-refractivity contribution in [3.63, 3.8) is 0 Å². The van der Waals surface area contributed by atoms with Gasteiger partial charge in [0.25, 0.3) is 0 Å². The summed E-state index contributed by atoms with van der Waals surface area (Å²) in [6.07, 6.45) is 3.02. The van der Waals surface area contributed by atoms with Gasteiger partial charge >= 0.3 is 6.09 Å². The van der Waals surface area contributed by atoms with Crippen molar-refractivity contribution < 1.29 is 23.5 Å². The minimum absolute atomic E-state index is 0.146. The summed E-state index contributed by atoms with van der Waals surface area (Å²) in [5.74, 6) is 2.05. The zero-order chi connectivity index (χ0) is 24.7. The lowest BCUT2D eigenvalue weighted by atomic mass is 9.68. The number of ether oxygens (including phenoxy) is 3. The third-order valence-electron chi connectivity index (χ3n) is 6.71. The van der Waals surface area contributed by atoms with Gasteiger partial charge in [-0.25, -0.2) is 4.79 Å². The second kappa shape index (κ2) is 11.4. The molecule has 0 spiro atoms. The highest BCUT2D eigenvalue weighted by Gasteiger charge is 2.43. The van der Waals surface area contributed by atoms with Gasteiger partial charge < -0.3 is 23.6 Å². The minimum atomic E-state index is -0.387. The molecule has 2 aromatic carbocycles. The third kappa shape index (κ3) is 5.82. The van der Waals surface area contributed by atoms with Gasteiger partial charge in [0.15, 0.2) is 5.82 Å². The first kappa shape index (κ1) is 24.7. The average molecular weight is 480 g/mol. The maximum absolute atomic E-state index is 12.4. The Labute approximate surface area is 206 Å². The molecule has 1 amide bonds. The Balaban J connectivity index is 1.50. The van der Waals surface area contributed by atoms with Crippen LogP contribution in [0.5, 0.6) is 5.75 Å². The molecule has 0 saturated heterocycles. The van der Waals surface area contributed by atoms with Crippen molar-refractivity contribution in [3.8, 4) is 5.75 Å². The van der Waals surface area contributed by atoms with E-state index in [0.717, 1.165) is 42.6 Å². The molecule has 0 atom stereocenters. The molecular formula is C27H33N3O5. The van der Waals surface area contributed by atoms with Gasteiger partial charge in [-0.1, -0.05) is 47.6 Å².